The van der Waals surface area contributed by atoms with E-state index in [9.17, 15) is 14.0 Å². The Bertz CT molecular complexity index is 629. The van der Waals surface area contributed by atoms with E-state index in [1.54, 1.807) is 12.1 Å². The van der Waals surface area contributed by atoms with Crippen molar-refractivity contribution in [2.45, 2.75) is 44.9 Å². The summed E-state index contributed by atoms with van der Waals surface area (Å²) >= 11 is 0. The number of likely N-dealkylation sites (tertiary alicyclic amines) is 1. The van der Waals surface area contributed by atoms with Crippen molar-refractivity contribution in [1.82, 2.24) is 10.2 Å². The Balaban J connectivity index is 1.39. The lowest BCUT2D eigenvalue weighted by Gasteiger charge is -2.35. The molecule has 2 aliphatic rings. The van der Waals surface area contributed by atoms with E-state index in [4.69, 9.17) is 4.74 Å². The molecule has 1 aromatic carbocycles. The molecule has 1 N–H and O–H groups in total. The van der Waals surface area contributed by atoms with Crippen molar-refractivity contribution in [3.05, 3.63) is 30.1 Å². The molecule has 0 radical (unpaired) electrons. The molecule has 1 aliphatic heterocycles. The number of amides is 2. The van der Waals surface area contributed by atoms with E-state index in [1.165, 1.54) is 44.2 Å². The number of halogens is 1. The average Bonchev–Trinajstić information content (AvgIpc) is 2.69. The highest BCUT2D eigenvalue weighted by molar-refractivity contribution is 5.83. The van der Waals surface area contributed by atoms with E-state index in [-0.39, 0.29) is 23.5 Å². The molecule has 148 valence electrons. The van der Waals surface area contributed by atoms with Crippen molar-refractivity contribution in [2.75, 3.05) is 26.2 Å². The number of benzene rings is 1. The van der Waals surface area contributed by atoms with Gasteiger partial charge in [-0.3, -0.25) is 9.59 Å². The minimum atomic E-state index is -0.305. The number of hydrogen-bond donors (Lipinski definition) is 1. The molecule has 0 aromatic heterocycles. The van der Waals surface area contributed by atoms with Gasteiger partial charge in [-0.15, -0.1) is 0 Å². The summed E-state index contributed by atoms with van der Waals surface area (Å²) in [6.07, 6.45) is 7.27. The average molecular weight is 376 g/mol. The van der Waals surface area contributed by atoms with Crippen molar-refractivity contribution in [2.24, 2.45) is 11.8 Å². The molecule has 0 bridgehead atoms. The summed E-state index contributed by atoms with van der Waals surface area (Å²) in [6, 6.07) is 5.81. The quantitative estimate of drug-likeness (QED) is 0.744. The SMILES string of the molecule is O=C(NCCOc1ccc(F)cc1)[C@H]1CCC(=O)N(CC2CCCCC2)C1. The zero-order chi connectivity index (χ0) is 19.1. The lowest BCUT2D eigenvalue weighted by Crippen LogP contribution is -2.47. The molecule has 1 saturated carbocycles. The molecule has 6 heteroatoms. The number of carbonyl (C=O) groups is 2. The number of nitrogens with zero attached hydrogens (tertiary/aromatic N) is 1. The highest BCUT2D eigenvalue weighted by atomic mass is 19.1. The molecule has 1 heterocycles. The maximum absolute atomic E-state index is 12.9. The van der Waals surface area contributed by atoms with Crippen LogP contribution in [0.1, 0.15) is 44.9 Å². The molecule has 1 atom stereocenters. The van der Waals surface area contributed by atoms with Gasteiger partial charge in [-0.25, -0.2) is 4.39 Å². The summed E-state index contributed by atoms with van der Waals surface area (Å²) in [6.45, 7) is 2.05. The molecule has 1 aliphatic carbocycles. The van der Waals surface area contributed by atoms with Crippen LogP contribution in [0.15, 0.2) is 24.3 Å². The Morgan fingerprint density at radius 2 is 1.89 bits per heavy atom. The fourth-order valence-corrected chi connectivity index (χ4v) is 4.00. The van der Waals surface area contributed by atoms with E-state index in [1.807, 2.05) is 4.90 Å². The van der Waals surface area contributed by atoms with Crippen LogP contribution in [0.4, 0.5) is 4.39 Å². The summed E-state index contributed by atoms with van der Waals surface area (Å²) in [5.41, 5.74) is 0. The Hall–Kier alpha value is -2.11. The van der Waals surface area contributed by atoms with Crippen molar-refractivity contribution >= 4 is 11.8 Å². The highest BCUT2D eigenvalue weighted by Gasteiger charge is 2.31. The van der Waals surface area contributed by atoms with E-state index >= 15 is 0 Å². The van der Waals surface area contributed by atoms with Crippen molar-refractivity contribution in [3.8, 4) is 5.75 Å². The highest BCUT2D eigenvalue weighted by Crippen LogP contribution is 2.27. The molecule has 1 aromatic rings. The van der Waals surface area contributed by atoms with Crippen molar-refractivity contribution < 1.29 is 18.7 Å². The first-order chi connectivity index (χ1) is 13.1. The van der Waals surface area contributed by atoms with Gasteiger partial charge < -0.3 is 15.0 Å². The fourth-order valence-electron chi connectivity index (χ4n) is 4.00. The predicted molar refractivity (Wildman–Crippen MR) is 101 cm³/mol. The largest absolute Gasteiger partial charge is 0.492 e. The minimum absolute atomic E-state index is 0.0150. The second kappa shape index (κ2) is 9.72. The van der Waals surface area contributed by atoms with Gasteiger partial charge in [-0.05, 0) is 49.4 Å². The summed E-state index contributed by atoms with van der Waals surface area (Å²) in [5, 5.41) is 2.90. The zero-order valence-corrected chi connectivity index (χ0v) is 15.8. The standard InChI is InChI=1S/C21H29FN2O3/c22-18-7-9-19(10-8-18)27-13-12-23-21(26)17-6-11-20(25)24(15-17)14-16-4-2-1-3-5-16/h7-10,16-17H,1-6,11-15H2,(H,23,26)/t17-/m0/s1. The van der Waals surface area contributed by atoms with Crippen LogP contribution in [0.5, 0.6) is 5.75 Å². The second-order valence-electron chi connectivity index (χ2n) is 7.63. The van der Waals surface area contributed by atoms with Crippen LogP contribution in [-0.4, -0.2) is 43.0 Å². The summed E-state index contributed by atoms with van der Waals surface area (Å²) in [5.74, 6) is 0.890. The molecule has 1 saturated heterocycles. The zero-order valence-electron chi connectivity index (χ0n) is 15.8. The third-order valence-electron chi connectivity index (χ3n) is 5.56. The number of ether oxygens (including phenoxy) is 1. The van der Waals surface area contributed by atoms with Gasteiger partial charge in [0.1, 0.15) is 18.2 Å². The number of piperidine rings is 1. The number of carbonyl (C=O) groups excluding carboxylic acids is 2. The van der Waals surface area contributed by atoms with Crippen molar-refractivity contribution in [1.29, 1.82) is 0 Å². The first-order valence-electron chi connectivity index (χ1n) is 10.1. The number of nitrogens with one attached hydrogen (secondary N) is 1. The normalized spacial score (nSPS) is 21.1. The molecule has 0 spiro atoms. The van der Waals surface area contributed by atoms with Crippen molar-refractivity contribution in [3.63, 3.8) is 0 Å². The van der Waals surface area contributed by atoms with Crippen LogP contribution in [-0.2, 0) is 9.59 Å². The van der Waals surface area contributed by atoms with Crippen LogP contribution < -0.4 is 10.1 Å². The summed E-state index contributed by atoms with van der Waals surface area (Å²) < 4.78 is 18.3. The second-order valence-corrected chi connectivity index (χ2v) is 7.63. The molecule has 5 nitrogen and oxygen atoms in total. The van der Waals surface area contributed by atoms with Gasteiger partial charge in [0.15, 0.2) is 0 Å². The van der Waals surface area contributed by atoms with Gasteiger partial charge in [0.2, 0.25) is 11.8 Å². The molecule has 3 rings (SSSR count). The Kier molecular flexibility index (Phi) is 7.07. The summed E-state index contributed by atoms with van der Waals surface area (Å²) in [7, 11) is 0. The monoisotopic (exact) mass is 376 g/mol. The fraction of sp³-hybridized carbons (Fsp3) is 0.619. The van der Waals surface area contributed by atoms with Crippen LogP contribution in [0.25, 0.3) is 0 Å². The topological polar surface area (TPSA) is 58.6 Å². The third kappa shape index (κ3) is 5.94. The van der Waals surface area contributed by atoms with E-state index < -0.39 is 0 Å². The Morgan fingerprint density at radius 1 is 1.15 bits per heavy atom. The lowest BCUT2D eigenvalue weighted by molar-refractivity contribution is -0.139. The number of hydrogen-bond acceptors (Lipinski definition) is 3. The van der Waals surface area contributed by atoms with E-state index in [2.05, 4.69) is 5.32 Å². The number of rotatable bonds is 7. The van der Waals surface area contributed by atoms with Crippen LogP contribution in [0, 0.1) is 17.7 Å². The molecular formula is C21H29FN2O3. The molecule has 2 fully saturated rings. The molecule has 0 unspecified atom stereocenters. The third-order valence-corrected chi connectivity index (χ3v) is 5.56. The van der Waals surface area contributed by atoms with Gasteiger partial charge in [0, 0.05) is 19.5 Å². The minimum Gasteiger partial charge on any atom is -0.492 e. The molecular weight excluding hydrogens is 347 g/mol. The van der Waals surface area contributed by atoms with Gasteiger partial charge in [-0.1, -0.05) is 19.3 Å². The van der Waals surface area contributed by atoms with Gasteiger partial charge in [0.25, 0.3) is 0 Å². The van der Waals surface area contributed by atoms with Crippen LogP contribution >= 0.6 is 0 Å². The molecule has 2 amide bonds. The predicted octanol–water partition coefficient (Wildman–Crippen LogP) is 3.14. The summed E-state index contributed by atoms with van der Waals surface area (Å²) in [4.78, 5) is 26.6. The first kappa shape index (κ1) is 19.6. The first-order valence-corrected chi connectivity index (χ1v) is 10.1. The molecule has 27 heavy (non-hydrogen) atoms. The van der Waals surface area contributed by atoms with Crippen LogP contribution in [0.2, 0.25) is 0 Å². The van der Waals surface area contributed by atoms with Gasteiger partial charge in [0.05, 0.1) is 12.5 Å². The lowest BCUT2D eigenvalue weighted by atomic mass is 9.87. The van der Waals surface area contributed by atoms with E-state index in [0.717, 1.165) is 6.54 Å². The smallest absolute Gasteiger partial charge is 0.225 e. The van der Waals surface area contributed by atoms with Gasteiger partial charge >= 0.3 is 0 Å². The van der Waals surface area contributed by atoms with Crippen LogP contribution in [0.3, 0.4) is 0 Å². The van der Waals surface area contributed by atoms with Gasteiger partial charge in [-0.2, -0.15) is 0 Å². The maximum atomic E-state index is 12.9. The Morgan fingerprint density at radius 3 is 2.63 bits per heavy atom. The maximum Gasteiger partial charge on any atom is 0.225 e. The Labute approximate surface area is 160 Å². The van der Waals surface area contributed by atoms with E-state index in [0.29, 0.717) is 44.2 Å².